The maximum absolute atomic E-state index is 9.89. The van der Waals surface area contributed by atoms with Crippen molar-refractivity contribution in [2.45, 2.75) is 63.8 Å². The summed E-state index contributed by atoms with van der Waals surface area (Å²) in [5.41, 5.74) is 2.98. The number of unbranched alkanes of at least 4 members (excludes halogenated alkanes) is 3. The van der Waals surface area contributed by atoms with Crippen molar-refractivity contribution < 1.29 is 5.11 Å². The lowest BCUT2D eigenvalue weighted by atomic mass is 9.59. The van der Waals surface area contributed by atoms with Crippen molar-refractivity contribution in [3.05, 3.63) is 29.3 Å². The van der Waals surface area contributed by atoms with Gasteiger partial charge in [0.25, 0.3) is 0 Å². The first kappa shape index (κ1) is 16.3. The van der Waals surface area contributed by atoms with E-state index in [1.165, 1.54) is 24.0 Å². The van der Waals surface area contributed by atoms with Gasteiger partial charge in [0.15, 0.2) is 0 Å². The summed E-state index contributed by atoms with van der Waals surface area (Å²) in [6, 6.07) is 8.80. The summed E-state index contributed by atoms with van der Waals surface area (Å²) in [6.45, 7) is 7.08. The zero-order chi connectivity index (χ0) is 16.4. The molecule has 3 nitrogen and oxygen atoms in total. The molecule has 1 saturated heterocycles. The number of rotatable bonds is 5. The third-order valence-corrected chi connectivity index (χ3v) is 6.34. The molecule has 0 saturated carbocycles. The lowest BCUT2D eigenvalue weighted by molar-refractivity contribution is 0.0303. The van der Waals surface area contributed by atoms with Crippen molar-refractivity contribution in [3.8, 4) is 11.8 Å². The Hall–Kier alpha value is -1.53. The fourth-order valence-electron chi connectivity index (χ4n) is 4.67. The molecule has 2 aliphatic rings. The van der Waals surface area contributed by atoms with Crippen LogP contribution in [0.3, 0.4) is 0 Å². The van der Waals surface area contributed by atoms with Crippen LogP contribution in [0.2, 0.25) is 0 Å². The van der Waals surface area contributed by atoms with E-state index >= 15 is 0 Å². The Morgan fingerprint density at radius 3 is 2.96 bits per heavy atom. The lowest BCUT2D eigenvalue weighted by Gasteiger charge is -2.54. The quantitative estimate of drug-likeness (QED) is 0.836. The average Bonchev–Trinajstić information content (AvgIpc) is 2.53. The molecule has 1 aliphatic carbocycles. The van der Waals surface area contributed by atoms with Gasteiger partial charge in [-0.25, -0.2) is 0 Å². The van der Waals surface area contributed by atoms with E-state index in [0.29, 0.717) is 24.1 Å². The van der Waals surface area contributed by atoms with Gasteiger partial charge in [-0.2, -0.15) is 5.26 Å². The molecule has 124 valence electrons. The number of phenolic OH excluding ortho intramolecular Hbond substituents is 1. The topological polar surface area (TPSA) is 47.3 Å². The van der Waals surface area contributed by atoms with Gasteiger partial charge >= 0.3 is 0 Å². The van der Waals surface area contributed by atoms with E-state index < -0.39 is 0 Å². The molecule has 2 bridgehead atoms. The predicted molar refractivity (Wildman–Crippen MR) is 92.4 cm³/mol. The van der Waals surface area contributed by atoms with Gasteiger partial charge < -0.3 is 5.11 Å². The highest BCUT2D eigenvalue weighted by Gasteiger charge is 2.48. The molecule has 1 N–H and O–H groups in total. The van der Waals surface area contributed by atoms with Crippen molar-refractivity contribution in [3.63, 3.8) is 0 Å². The van der Waals surface area contributed by atoms with Gasteiger partial charge in [-0.1, -0.05) is 26.3 Å². The van der Waals surface area contributed by atoms with Crippen LogP contribution in [0, 0.1) is 17.2 Å². The highest BCUT2D eigenvalue weighted by Crippen LogP contribution is 2.49. The number of phenols is 1. The fraction of sp³-hybridized carbons (Fsp3) is 0.650. The van der Waals surface area contributed by atoms with Gasteiger partial charge in [-0.15, -0.1) is 0 Å². The van der Waals surface area contributed by atoms with Crippen LogP contribution in [0.15, 0.2) is 18.2 Å². The molecule has 0 aromatic heterocycles. The molecule has 0 radical (unpaired) electrons. The third-order valence-electron chi connectivity index (χ3n) is 6.34. The van der Waals surface area contributed by atoms with Crippen molar-refractivity contribution in [2.75, 3.05) is 13.1 Å². The van der Waals surface area contributed by atoms with Crippen LogP contribution in [0.4, 0.5) is 0 Å². The minimum Gasteiger partial charge on any atom is -0.508 e. The van der Waals surface area contributed by atoms with Gasteiger partial charge in [-0.05, 0) is 73.4 Å². The van der Waals surface area contributed by atoms with Crippen LogP contribution < -0.4 is 0 Å². The molecule has 1 aliphatic heterocycles. The lowest BCUT2D eigenvalue weighted by Crippen LogP contribution is -2.58. The number of benzene rings is 1. The number of hydrogen-bond acceptors (Lipinski definition) is 3. The minimum absolute atomic E-state index is 0.189. The standard InChI is InChI=1S/C20H28N2O/c1-15-19-13-16-7-8-17(23)14-18(16)20(15,2)9-12-22(19)11-6-4-3-5-10-21/h7-8,14-15,19,23H,3-6,9,11-13H2,1-2H3/t15-,19+,20+/m1/s1. The molecule has 23 heavy (non-hydrogen) atoms. The maximum atomic E-state index is 9.89. The smallest absolute Gasteiger partial charge is 0.115 e. The van der Waals surface area contributed by atoms with E-state index in [1.54, 1.807) is 0 Å². The van der Waals surface area contributed by atoms with E-state index in [2.05, 4.69) is 30.9 Å². The molecule has 3 heteroatoms. The molecule has 0 spiro atoms. The molecule has 1 aromatic rings. The summed E-state index contributed by atoms with van der Waals surface area (Å²) in [4.78, 5) is 2.68. The molecular weight excluding hydrogens is 284 g/mol. The normalized spacial score (nSPS) is 29.8. The largest absolute Gasteiger partial charge is 0.508 e. The molecule has 1 heterocycles. The number of fused-ring (bicyclic) bond motifs is 4. The maximum Gasteiger partial charge on any atom is 0.115 e. The Morgan fingerprint density at radius 2 is 2.17 bits per heavy atom. The van der Waals surface area contributed by atoms with Crippen molar-refractivity contribution in [2.24, 2.45) is 5.92 Å². The molecule has 3 atom stereocenters. The second-order valence-electron chi connectivity index (χ2n) is 7.57. The summed E-state index contributed by atoms with van der Waals surface area (Å²) >= 11 is 0. The summed E-state index contributed by atoms with van der Waals surface area (Å²) in [5.74, 6) is 1.01. The summed E-state index contributed by atoms with van der Waals surface area (Å²) in [7, 11) is 0. The van der Waals surface area contributed by atoms with Crippen LogP contribution in [-0.2, 0) is 11.8 Å². The number of likely N-dealkylation sites (tertiary alicyclic amines) is 1. The second-order valence-corrected chi connectivity index (χ2v) is 7.57. The summed E-state index contributed by atoms with van der Waals surface area (Å²) in [6.07, 6.45) is 6.35. The Kier molecular flexibility index (Phi) is 4.64. The Labute approximate surface area is 139 Å². The van der Waals surface area contributed by atoms with Crippen LogP contribution in [0.1, 0.15) is 57.1 Å². The van der Waals surface area contributed by atoms with Crippen LogP contribution >= 0.6 is 0 Å². The monoisotopic (exact) mass is 312 g/mol. The first-order chi connectivity index (χ1) is 11.1. The van der Waals surface area contributed by atoms with Crippen molar-refractivity contribution in [1.82, 2.24) is 4.90 Å². The number of nitriles is 1. The first-order valence-electron chi connectivity index (χ1n) is 8.99. The van der Waals surface area contributed by atoms with E-state index in [9.17, 15) is 5.11 Å². The highest BCUT2D eigenvalue weighted by molar-refractivity contribution is 5.44. The summed E-state index contributed by atoms with van der Waals surface area (Å²) in [5, 5.41) is 18.5. The zero-order valence-corrected chi connectivity index (χ0v) is 14.4. The van der Waals surface area contributed by atoms with Gasteiger partial charge in [-0.3, -0.25) is 4.90 Å². The number of aromatic hydroxyl groups is 1. The molecule has 1 aromatic carbocycles. The van der Waals surface area contributed by atoms with Crippen molar-refractivity contribution in [1.29, 1.82) is 5.26 Å². The Balaban J connectivity index is 1.72. The molecular formula is C20H28N2O. The zero-order valence-electron chi connectivity index (χ0n) is 14.4. The van der Waals surface area contributed by atoms with Crippen LogP contribution in [0.5, 0.6) is 5.75 Å². The Morgan fingerprint density at radius 1 is 1.35 bits per heavy atom. The summed E-state index contributed by atoms with van der Waals surface area (Å²) < 4.78 is 0. The minimum atomic E-state index is 0.189. The van der Waals surface area contributed by atoms with Gasteiger partial charge in [0.2, 0.25) is 0 Å². The second kappa shape index (κ2) is 6.53. The number of piperidine rings is 1. The van der Waals surface area contributed by atoms with E-state index in [1.807, 2.05) is 12.1 Å². The van der Waals surface area contributed by atoms with Crippen molar-refractivity contribution >= 4 is 0 Å². The van der Waals surface area contributed by atoms with Crippen LogP contribution in [0.25, 0.3) is 0 Å². The Bertz CT molecular complexity index is 606. The number of nitrogens with zero attached hydrogens (tertiary/aromatic N) is 2. The molecule has 3 rings (SSSR count). The van der Waals surface area contributed by atoms with E-state index in [0.717, 1.165) is 32.4 Å². The third kappa shape index (κ3) is 2.97. The highest BCUT2D eigenvalue weighted by atomic mass is 16.3. The fourth-order valence-corrected chi connectivity index (χ4v) is 4.67. The first-order valence-corrected chi connectivity index (χ1v) is 8.99. The van der Waals surface area contributed by atoms with Gasteiger partial charge in [0, 0.05) is 12.5 Å². The van der Waals surface area contributed by atoms with Gasteiger partial charge in [0.1, 0.15) is 5.75 Å². The molecule has 0 amide bonds. The van der Waals surface area contributed by atoms with Gasteiger partial charge in [0.05, 0.1) is 6.07 Å². The number of hydrogen-bond donors (Lipinski definition) is 1. The van der Waals surface area contributed by atoms with E-state index in [-0.39, 0.29) is 5.41 Å². The average molecular weight is 312 g/mol. The SMILES string of the molecule is C[C@@H]1[C@@H]2Cc3ccc(O)cc3[C@@]1(C)CCN2CCCCCC#N. The molecule has 0 unspecified atom stereocenters. The molecule has 1 fully saturated rings. The van der Waals surface area contributed by atoms with Crippen LogP contribution in [-0.4, -0.2) is 29.1 Å². The van der Waals surface area contributed by atoms with E-state index in [4.69, 9.17) is 5.26 Å². The predicted octanol–water partition coefficient (Wildman–Crippen LogP) is 4.00.